The third-order valence-corrected chi connectivity index (χ3v) is 7.58. The lowest BCUT2D eigenvalue weighted by molar-refractivity contribution is -0.120. The Morgan fingerprint density at radius 2 is 1.56 bits per heavy atom. The van der Waals surface area contributed by atoms with Gasteiger partial charge in [-0.3, -0.25) is 9.10 Å². The van der Waals surface area contributed by atoms with Gasteiger partial charge in [-0.25, -0.2) is 8.42 Å². The number of hydrogen-bond donors (Lipinski definition) is 1. The molecule has 0 saturated carbocycles. The number of methoxy groups -OCH3 is 3. The van der Waals surface area contributed by atoms with Gasteiger partial charge in [0.1, 0.15) is 12.3 Å². The quantitative estimate of drug-likeness (QED) is 0.380. The Morgan fingerprint density at radius 1 is 0.917 bits per heavy atom. The van der Waals surface area contributed by atoms with Gasteiger partial charge in [-0.15, -0.1) is 0 Å². The minimum atomic E-state index is -4.26. The maximum absolute atomic E-state index is 13.9. The standard InChI is InChI=1S/C26H29ClN2O6S/c1-5-21(18-9-7-6-8-10-18)28-26(30)17-29(22-15-19(27)11-13-23(22)33-2)36(31,32)20-12-14-24(34-3)25(16-20)35-4/h6-16,21H,5,17H2,1-4H3,(H,28,30)/t21-/m1/s1. The summed E-state index contributed by atoms with van der Waals surface area (Å²) in [6.45, 7) is 1.44. The number of amides is 1. The normalized spacial score (nSPS) is 11.9. The van der Waals surface area contributed by atoms with Gasteiger partial charge in [0.15, 0.2) is 11.5 Å². The molecule has 10 heteroatoms. The van der Waals surface area contributed by atoms with Gasteiger partial charge in [0.2, 0.25) is 5.91 Å². The number of sulfonamides is 1. The summed E-state index contributed by atoms with van der Waals surface area (Å²) >= 11 is 6.21. The first-order valence-electron chi connectivity index (χ1n) is 11.2. The highest BCUT2D eigenvalue weighted by Crippen LogP contribution is 2.37. The summed E-state index contributed by atoms with van der Waals surface area (Å²) in [6, 6.07) is 18.0. The van der Waals surface area contributed by atoms with Crippen molar-refractivity contribution in [3.8, 4) is 17.2 Å². The monoisotopic (exact) mass is 532 g/mol. The molecule has 36 heavy (non-hydrogen) atoms. The number of carbonyl (C=O) groups is 1. The SMILES string of the molecule is CC[C@@H](NC(=O)CN(c1cc(Cl)ccc1OC)S(=O)(=O)c1ccc(OC)c(OC)c1)c1ccccc1. The minimum absolute atomic E-state index is 0.0925. The van der Waals surface area contributed by atoms with Crippen molar-refractivity contribution in [3.63, 3.8) is 0 Å². The van der Waals surface area contributed by atoms with E-state index in [2.05, 4.69) is 5.32 Å². The molecule has 8 nitrogen and oxygen atoms in total. The number of nitrogens with one attached hydrogen (secondary N) is 1. The van der Waals surface area contributed by atoms with Crippen LogP contribution in [0.3, 0.4) is 0 Å². The third-order valence-electron chi connectivity index (χ3n) is 5.59. The van der Waals surface area contributed by atoms with Crippen LogP contribution < -0.4 is 23.8 Å². The zero-order valence-electron chi connectivity index (χ0n) is 20.5. The molecule has 1 atom stereocenters. The Balaban J connectivity index is 2.05. The van der Waals surface area contributed by atoms with Crippen molar-refractivity contribution in [2.45, 2.75) is 24.3 Å². The van der Waals surface area contributed by atoms with Gasteiger partial charge < -0.3 is 19.5 Å². The molecule has 0 fully saturated rings. The molecule has 0 spiro atoms. The summed E-state index contributed by atoms with van der Waals surface area (Å²) in [5.41, 5.74) is 1.05. The molecule has 0 saturated heterocycles. The van der Waals surface area contributed by atoms with Gasteiger partial charge in [-0.2, -0.15) is 0 Å². The highest BCUT2D eigenvalue weighted by atomic mass is 35.5. The lowest BCUT2D eigenvalue weighted by Gasteiger charge is -2.27. The Morgan fingerprint density at radius 3 is 2.17 bits per heavy atom. The fourth-order valence-corrected chi connectivity index (χ4v) is 5.34. The molecule has 3 aromatic rings. The van der Waals surface area contributed by atoms with E-state index in [1.165, 1.54) is 45.6 Å². The second-order valence-corrected chi connectivity index (χ2v) is 10.1. The lowest BCUT2D eigenvalue weighted by atomic mass is 10.0. The van der Waals surface area contributed by atoms with Crippen molar-refractivity contribution in [2.75, 3.05) is 32.2 Å². The van der Waals surface area contributed by atoms with Crippen molar-refractivity contribution in [1.29, 1.82) is 0 Å². The zero-order valence-corrected chi connectivity index (χ0v) is 22.1. The molecule has 1 N–H and O–H groups in total. The molecule has 0 bridgehead atoms. The second kappa shape index (κ2) is 12.0. The molecular formula is C26H29ClN2O6S. The van der Waals surface area contributed by atoms with Crippen molar-refractivity contribution < 1.29 is 27.4 Å². The van der Waals surface area contributed by atoms with Crippen LogP contribution in [0.4, 0.5) is 5.69 Å². The lowest BCUT2D eigenvalue weighted by Crippen LogP contribution is -2.42. The number of ether oxygens (including phenoxy) is 3. The predicted molar refractivity (Wildman–Crippen MR) is 140 cm³/mol. The van der Waals surface area contributed by atoms with Crippen LogP contribution >= 0.6 is 11.6 Å². The number of hydrogen-bond acceptors (Lipinski definition) is 6. The molecular weight excluding hydrogens is 504 g/mol. The summed E-state index contributed by atoms with van der Waals surface area (Å²) < 4.78 is 44.7. The van der Waals surface area contributed by atoms with Gasteiger partial charge in [0.05, 0.1) is 38.0 Å². The maximum atomic E-state index is 13.9. The Hall–Kier alpha value is -3.43. The van der Waals surface area contributed by atoms with E-state index in [-0.39, 0.29) is 33.1 Å². The molecule has 0 aliphatic rings. The molecule has 0 radical (unpaired) electrons. The summed E-state index contributed by atoms with van der Waals surface area (Å²) in [6.07, 6.45) is 0.624. The van der Waals surface area contributed by atoms with E-state index in [0.717, 1.165) is 9.87 Å². The fourth-order valence-electron chi connectivity index (χ4n) is 3.74. The first-order valence-corrected chi connectivity index (χ1v) is 13.0. The smallest absolute Gasteiger partial charge is 0.265 e. The van der Waals surface area contributed by atoms with Crippen molar-refractivity contribution in [2.24, 2.45) is 0 Å². The number of nitrogens with zero attached hydrogens (tertiary/aromatic N) is 1. The van der Waals surface area contributed by atoms with Crippen LogP contribution in [-0.4, -0.2) is 42.2 Å². The van der Waals surface area contributed by atoms with Gasteiger partial charge >= 0.3 is 0 Å². The summed E-state index contributed by atoms with van der Waals surface area (Å²) in [4.78, 5) is 13.1. The maximum Gasteiger partial charge on any atom is 0.265 e. The largest absolute Gasteiger partial charge is 0.495 e. The Kier molecular flexibility index (Phi) is 9.06. The fraction of sp³-hybridized carbons (Fsp3) is 0.269. The van der Waals surface area contributed by atoms with E-state index in [9.17, 15) is 13.2 Å². The molecule has 0 unspecified atom stereocenters. The topological polar surface area (TPSA) is 94.2 Å². The van der Waals surface area contributed by atoms with Crippen molar-refractivity contribution >= 4 is 33.2 Å². The first kappa shape index (κ1) is 27.2. The number of benzene rings is 3. The number of halogens is 1. The highest BCUT2D eigenvalue weighted by molar-refractivity contribution is 7.92. The van der Waals surface area contributed by atoms with Crippen molar-refractivity contribution in [1.82, 2.24) is 5.32 Å². The van der Waals surface area contributed by atoms with Gasteiger partial charge in [0.25, 0.3) is 10.0 Å². The molecule has 0 aliphatic carbocycles. The Bertz CT molecular complexity index is 1300. The van der Waals surface area contributed by atoms with E-state index in [1.807, 2.05) is 37.3 Å². The zero-order chi connectivity index (χ0) is 26.3. The van der Waals surface area contributed by atoms with Crippen LogP contribution in [0.1, 0.15) is 24.9 Å². The van der Waals surface area contributed by atoms with Crippen LogP contribution in [0.2, 0.25) is 5.02 Å². The molecule has 0 aliphatic heterocycles. The minimum Gasteiger partial charge on any atom is -0.495 e. The Labute approximate surface area is 216 Å². The number of carbonyl (C=O) groups excluding carboxylic acids is 1. The van der Waals surface area contributed by atoms with Crippen LogP contribution in [0.5, 0.6) is 17.2 Å². The summed E-state index contributed by atoms with van der Waals surface area (Å²) in [5.74, 6) is 0.356. The highest BCUT2D eigenvalue weighted by Gasteiger charge is 2.31. The summed E-state index contributed by atoms with van der Waals surface area (Å²) in [5, 5.41) is 3.22. The molecule has 192 valence electrons. The van der Waals surface area contributed by atoms with E-state index in [4.69, 9.17) is 25.8 Å². The average molecular weight is 533 g/mol. The molecule has 3 rings (SSSR count). The van der Waals surface area contributed by atoms with Crippen LogP contribution in [0.25, 0.3) is 0 Å². The third kappa shape index (κ3) is 6.03. The number of anilines is 1. The van der Waals surface area contributed by atoms with Crippen LogP contribution in [0.15, 0.2) is 71.6 Å². The van der Waals surface area contributed by atoms with E-state index < -0.39 is 22.5 Å². The predicted octanol–water partition coefficient (Wildman–Crippen LogP) is 4.83. The second-order valence-electron chi connectivity index (χ2n) is 7.78. The van der Waals surface area contributed by atoms with E-state index >= 15 is 0 Å². The van der Waals surface area contributed by atoms with Crippen molar-refractivity contribution in [3.05, 3.63) is 77.3 Å². The molecule has 1 amide bonds. The summed E-state index contributed by atoms with van der Waals surface area (Å²) in [7, 11) is 0.0137. The van der Waals surface area contributed by atoms with Gasteiger partial charge in [-0.1, -0.05) is 48.9 Å². The van der Waals surface area contributed by atoms with E-state index in [0.29, 0.717) is 12.2 Å². The molecule has 0 heterocycles. The molecule has 0 aromatic heterocycles. The van der Waals surface area contributed by atoms with Gasteiger partial charge in [-0.05, 0) is 42.3 Å². The van der Waals surface area contributed by atoms with E-state index in [1.54, 1.807) is 12.1 Å². The van der Waals surface area contributed by atoms with Gasteiger partial charge in [0, 0.05) is 11.1 Å². The first-order chi connectivity index (χ1) is 17.2. The average Bonchev–Trinajstić information content (AvgIpc) is 2.90. The van der Waals surface area contributed by atoms with Crippen LogP contribution in [0, 0.1) is 0 Å². The molecule has 3 aromatic carbocycles. The van der Waals surface area contributed by atoms with Crippen LogP contribution in [-0.2, 0) is 14.8 Å². The number of rotatable bonds is 11.